The van der Waals surface area contributed by atoms with Crippen molar-refractivity contribution in [2.24, 2.45) is 0 Å². The molecule has 0 aromatic heterocycles. The summed E-state index contributed by atoms with van der Waals surface area (Å²) in [6.45, 7) is 0. The van der Waals surface area contributed by atoms with E-state index in [0.29, 0.717) is 9.79 Å². The van der Waals surface area contributed by atoms with Gasteiger partial charge in [0.1, 0.15) is 10.0 Å². The van der Waals surface area contributed by atoms with Gasteiger partial charge in [-0.1, -0.05) is 44.8 Å². The lowest BCUT2D eigenvalue weighted by molar-refractivity contribution is -0.385. The normalized spacial score (nSPS) is 10.5. The zero-order valence-corrected chi connectivity index (χ0v) is 13.7. The van der Waals surface area contributed by atoms with Crippen molar-refractivity contribution in [3.05, 3.63) is 66.7 Å². The maximum Gasteiger partial charge on any atom is 0.289 e. The van der Waals surface area contributed by atoms with E-state index in [1.54, 1.807) is 12.1 Å². The smallest absolute Gasteiger partial charge is 0.258 e. The third kappa shape index (κ3) is 4.04. The van der Waals surface area contributed by atoms with E-state index in [1.807, 2.05) is 0 Å². The summed E-state index contributed by atoms with van der Waals surface area (Å²) in [5, 5.41) is 21.8. The molecular weight excluding hydrogens is 371 g/mol. The number of nitro groups is 2. The topological polar surface area (TPSA) is 86.3 Å². The van der Waals surface area contributed by atoms with Gasteiger partial charge in [0.25, 0.3) is 11.4 Å². The average molecular weight is 377 g/mol. The van der Waals surface area contributed by atoms with Gasteiger partial charge in [-0.2, -0.15) is 0 Å². The van der Waals surface area contributed by atoms with E-state index in [9.17, 15) is 20.2 Å². The number of halogens is 2. The van der Waals surface area contributed by atoms with E-state index < -0.39 is 9.85 Å². The van der Waals surface area contributed by atoms with E-state index in [4.69, 9.17) is 23.2 Å². The molecule has 0 N–H and O–H groups in total. The van der Waals surface area contributed by atoms with Crippen molar-refractivity contribution in [2.45, 2.75) is 9.79 Å². The largest absolute Gasteiger partial charge is 0.289 e. The van der Waals surface area contributed by atoms with E-state index in [0.717, 1.165) is 0 Å². The first-order valence-corrected chi connectivity index (χ1v) is 8.51. The summed E-state index contributed by atoms with van der Waals surface area (Å²) in [4.78, 5) is 21.7. The second-order valence-electron chi connectivity index (χ2n) is 3.91. The number of nitro benzene ring substituents is 2. The highest BCUT2D eigenvalue weighted by Gasteiger charge is 2.15. The molecule has 2 rings (SSSR count). The molecule has 0 atom stereocenters. The first-order valence-electron chi connectivity index (χ1n) is 5.61. The second-order valence-corrected chi connectivity index (χ2v) is 7.00. The van der Waals surface area contributed by atoms with Crippen LogP contribution in [0, 0.1) is 20.2 Å². The first-order chi connectivity index (χ1) is 10.4. The maximum atomic E-state index is 10.8. The van der Waals surface area contributed by atoms with Crippen molar-refractivity contribution >= 4 is 56.2 Å². The summed E-state index contributed by atoms with van der Waals surface area (Å²) < 4.78 is 0. The van der Waals surface area contributed by atoms with Crippen LogP contribution in [0.15, 0.2) is 46.2 Å². The summed E-state index contributed by atoms with van der Waals surface area (Å²) in [6, 6.07) is 8.85. The molecule has 114 valence electrons. The number of nitrogens with zero attached hydrogens (tertiary/aromatic N) is 2. The minimum atomic E-state index is -0.565. The SMILES string of the molecule is O=[N+]([O-])c1cc(SSc2ccc(Cl)c([N+](=O)[O-])c2)ccc1Cl. The lowest BCUT2D eigenvalue weighted by Gasteiger charge is -2.03. The molecular formula is C12H6Cl2N2O4S2. The monoisotopic (exact) mass is 376 g/mol. The van der Waals surface area contributed by atoms with E-state index in [1.165, 1.54) is 45.9 Å². The molecule has 0 radical (unpaired) electrons. The summed E-state index contributed by atoms with van der Waals surface area (Å²) >= 11 is 11.5. The molecule has 2 aromatic rings. The standard InChI is InChI=1S/C12H6Cl2N2O4S2/c13-9-3-1-7(5-11(9)15(17)18)21-22-8-2-4-10(14)12(6-8)16(19)20/h1-6H. The first kappa shape index (κ1) is 16.9. The van der Waals surface area contributed by atoms with Gasteiger partial charge in [-0.25, -0.2) is 0 Å². The van der Waals surface area contributed by atoms with Crippen molar-refractivity contribution in [1.29, 1.82) is 0 Å². The summed E-state index contributed by atoms with van der Waals surface area (Å²) in [5.74, 6) is 0. The minimum Gasteiger partial charge on any atom is -0.258 e. The van der Waals surface area contributed by atoms with Crippen LogP contribution in [0.3, 0.4) is 0 Å². The van der Waals surface area contributed by atoms with Gasteiger partial charge in [0.2, 0.25) is 0 Å². The highest BCUT2D eigenvalue weighted by Crippen LogP contribution is 2.41. The molecule has 0 aliphatic heterocycles. The Labute approximate surface area is 142 Å². The van der Waals surface area contributed by atoms with Crippen LogP contribution in [0.1, 0.15) is 0 Å². The Bertz CT molecular complexity index is 694. The lowest BCUT2D eigenvalue weighted by atomic mass is 10.3. The highest BCUT2D eigenvalue weighted by molar-refractivity contribution is 8.76. The fourth-order valence-electron chi connectivity index (χ4n) is 1.46. The third-order valence-electron chi connectivity index (χ3n) is 2.46. The van der Waals surface area contributed by atoms with Gasteiger partial charge < -0.3 is 0 Å². The summed E-state index contributed by atoms with van der Waals surface area (Å²) in [5.41, 5.74) is -0.372. The molecule has 0 aliphatic carbocycles. The zero-order chi connectivity index (χ0) is 16.3. The van der Waals surface area contributed by atoms with E-state index in [-0.39, 0.29) is 21.4 Å². The Kier molecular flexibility index (Phi) is 5.52. The average Bonchev–Trinajstić information content (AvgIpc) is 2.47. The van der Waals surface area contributed by atoms with Crippen molar-refractivity contribution < 1.29 is 9.85 Å². The Morgan fingerprint density at radius 2 is 1.14 bits per heavy atom. The molecule has 0 unspecified atom stereocenters. The van der Waals surface area contributed by atoms with Gasteiger partial charge in [0.05, 0.1) is 9.85 Å². The van der Waals surface area contributed by atoms with Crippen molar-refractivity contribution in [1.82, 2.24) is 0 Å². The predicted molar refractivity (Wildman–Crippen MR) is 87.9 cm³/mol. The third-order valence-corrected chi connectivity index (χ3v) is 5.48. The quantitative estimate of drug-likeness (QED) is 0.382. The molecule has 0 saturated heterocycles. The van der Waals surface area contributed by atoms with Gasteiger partial charge in [0.15, 0.2) is 0 Å². The van der Waals surface area contributed by atoms with Crippen molar-refractivity contribution in [2.75, 3.05) is 0 Å². The van der Waals surface area contributed by atoms with Crippen LogP contribution < -0.4 is 0 Å². The van der Waals surface area contributed by atoms with Gasteiger partial charge in [0, 0.05) is 21.9 Å². The van der Waals surface area contributed by atoms with Gasteiger partial charge in [-0.15, -0.1) is 0 Å². The Morgan fingerprint density at radius 3 is 1.45 bits per heavy atom. The van der Waals surface area contributed by atoms with Crippen molar-refractivity contribution in [3.63, 3.8) is 0 Å². The molecule has 0 spiro atoms. The minimum absolute atomic E-state index is 0.0569. The Balaban J connectivity index is 2.17. The fourth-order valence-corrected chi connectivity index (χ4v) is 3.80. The van der Waals surface area contributed by atoms with Crippen LogP contribution in [0.4, 0.5) is 11.4 Å². The molecule has 10 heteroatoms. The maximum absolute atomic E-state index is 10.8. The lowest BCUT2D eigenvalue weighted by Crippen LogP contribution is -1.89. The van der Waals surface area contributed by atoms with Gasteiger partial charge >= 0.3 is 0 Å². The molecule has 2 aromatic carbocycles. The number of rotatable bonds is 5. The molecule has 0 amide bonds. The van der Waals surface area contributed by atoms with E-state index in [2.05, 4.69) is 0 Å². The Morgan fingerprint density at radius 1 is 0.773 bits per heavy atom. The van der Waals surface area contributed by atoms with Crippen LogP contribution in [0.5, 0.6) is 0 Å². The van der Waals surface area contributed by atoms with E-state index >= 15 is 0 Å². The fraction of sp³-hybridized carbons (Fsp3) is 0. The van der Waals surface area contributed by atoms with Crippen LogP contribution in [-0.4, -0.2) is 9.85 Å². The molecule has 0 aliphatic rings. The summed E-state index contributed by atoms with van der Waals surface area (Å²) in [6.07, 6.45) is 0. The molecule has 0 bridgehead atoms. The number of hydrogen-bond acceptors (Lipinski definition) is 6. The molecule has 0 fully saturated rings. The van der Waals surface area contributed by atoms with Crippen LogP contribution in [0.25, 0.3) is 0 Å². The van der Waals surface area contributed by atoms with Crippen LogP contribution in [-0.2, 0) is 0 Å². The Hall–Kier alpha value is -1.48. The summed E-state index contributed by atoms with van der Waals surface area (Å²) in [7, 11) is 2.46. The van der Waals surface area contributed by atoms with Gasteiger partial charge in [-0.05, 0) is 24.3 Å². The predicted octanol–water partition coefficient (Wildman–Crippen LogP) is 5.61. The number of benzene rings is 2. The molecule has 22 heavy (non-hydrogen) atoms. The number of hydrogen-bond donors (Lipinski definition) is 0. The van der Waals surface area contributed by atoms with Crippen LogP contribution in [0.2, 0.25) is 10.0 Å². The molecule has 0 saturated carbocycles. The van der Waals surface area contributed by atoms with Crippen molar-refractivity contribution in [3.8, 4) is 0 Å². The second kappa shape index (κ2) is 7.19. The molecule has 6 nitrogen and oxygen atoms in total. The van der Waals surface area contributed by atoms with Crippen LogP contribution >= 0.6 is 44.8 Å². The highest BCUT2D eigenvalue weighted by atomic mass is 35.5. The molecule has 0 heterocycles. The zero-order valence-electron chi connectivity index (χ0n) is 10.6. The van der Waals surface area contributed by atoms with Gasteiger partial charge in [-0.3, -0.25) is 20.2 Å².